The molecule has 1 aromatic heterocycles. The van der Waals surface area contributed by atoms with Gasteiger partial charge in [0.1, 0.15) is 11.6 Å². The molecule has 2 aromatic rings. The monoisotopic (exact) mass is 345 g/mol. The molecule has 1 heterocycles. The lowest BCUT2D eigenvalue weighted by atomic mass is 10.3. The summed E-state index contributed by atoms with van der Waals surface area (Å²) in [4.78, 5) is 8.24. The van der Waals surface area contributed by atoms with Crippen molar-refractivity contribution in [3.63, 3.8) is 0 Å². The third kappa shape index (κ3) is 3.28. The molecule has 0 saturated carbocycles. The molecule has 2 N–H and O–H groups in total. The molecular weight excluding hydrogens is 338 g/mol. The Bertz CT molecular complexity index is 582. The largest absolute Gasteiger partial charge is 0.437 e. The minimum atomic E-state index is 0.357. The van der Waals surface area contributed by atoms with E-state index in [1.54, 1.807) is 18.2 Å². The first-order valence-electron chi connectivity index (χ1n) is 4.90. The number of rotatable bonds is 3. The van der Waals surface area contributed by atoms with Gasteiger partial charge in [0.2, 0.25) is 5.88 Å². The van der Waals surface area contributed by atoms with Crippen LogP contribution in [0.15, 0.2) is 33.9 Å². The summed E-state index contributed by atoms with van der Waals surface area (Å²) in [7, 11) is 0. The van der Waals surface area contributed by atoms with Crippen LogP contribution >= 0.6 is 39.3 Å². The molecule has 94 valence electrons. The fraction of sp³-hybridized carbons (Fsp3) is 0.0909. The van der Waals surface area contributed by atoms with E-state index in [1.807, 2.05) is 12.3 Å². The van der Waals surface area contributed by atoms with E-state index < -0.39 is 0 Å². The van der Waals surface area contributed by atoms with Crippen LogP contribution in [0.1, 0.15) is 0 Å². The molecule has 0 spiro atoms. The Hall–Kier alpha value is -0.980. The number of benzene rings is 1. The van der Waals surface area contributed by atoms with Gasteiger partial charge in [0, 0.05) is 10.5 Å². The first-order chi connectivity index (χ1) is 8.58. The number of nitrogens with two attached hydrogens (primary N) is 1. The van der Waals surface area contributed by atoms with Gasteiger partial charge in [-0.25, -0.2) is 4.98 Å². The molecule has 0 aliphatic rings. The molecule has 0 radical (unpaired) electrons. The molecule has 0 atom stereocenters. The van der Waals surface area contributed by atoms with Crippen molar-refractivity contribution < 1.29 is 4.74 Å². The Labute approximate surface area is 122 Å². The number of anilines is 1. The predicted octanol–water partition coefficient (Wildman–Crippen LogP) is 3.99. The fourth-order valence-electron chi connectivity index (χ4n) is 1.23. The maximum Gasteiger partial charge on any atom is 0.225 e. The SMILES string of the molecule is CSc1nc(N)cc(Oc2cc(Br)ccc2Cl)n1. The van der Waals surface area contributed by atoms with Gasteiger partial charge in [-0.15, -0.1) is 0 Å². The van der Waals surface area contributed by atoms with Crippen molar-refractivity contribution in [2.75, 3.05) is 12.0 Å². The van der Waals surface area contributed by atoms with E-state index in [1.165, 1.54) is 11.8 Å². The molecule has 18 heavy (non-hydrogen) atoms. The maximum atomic E-state index is 6.03. The van der Waals surface area contributed by atoms with Crippen LogP contribution in [0.5, 0.6) is 11.6 Å². The zero-order chi connectivity index (χ0) is 13.1. The number of nitrogen functional groups attached to an aromatic ring is 1. The number of hydrogen-bond acceptors (Lipinski definition) is 5. The van der Waals surface area contributed by atoms with Gasteiger partial charge in [-0.3, -0.25) is 0 Å². The zero-order valence-corrected chi connectivity index (χ0v) is 12.5. The van der Waals surface area contributed by atoms with Crippen LogP contribution in [0.3, 0.4) is 0 Å². The van der Waals surface area contributed by atoms with Crippen molar-refractivity contribution in [1.29, 1.82) is 0 Å². The molecule has 0 aliphatic heterocycles. The molecule has 0 amide bonds. The average Bonchev–Trinajstić information content (AvgIpc) is 2.33. The van der Waals surface area contributed by atoms with Crippen molar-refractivity contribution in [2.24, 2.45) is 0 Å². The van der Waals surface area contributed by atoms with Crippen LogP contribution in [0.25, 0.3) is 0 Å². The van der Waals surface area contributed by atoms with Gasteiger partial charge >= 0.3 is 0 Å². The smallest absolute Gasteiger partial charge is 0.225 e. The number of hydrogen-bond donors (Lipinski definition) is 1. The van der Waals surface area contributed by atoms with E-state index in [0.29, 0.717) is 27.6 Å². The lowest BCUT2D eigenvalue weighted by Gasteiger charge is -2.08. The Morgan fingerprint density at radius 3 is 2.83 bits per heavy atom. The van der Waals surface area contributed by atoms with Gasteiger partial charge < -0.3 is 10.5 Å². The molecule has 0 unspecified atom stereocenters. The summed E-state index contributed by atoms with van der Waals surface area (Å²) in [6.07, 6.45) is 1.87. The third-order valence-electron chi connectivity index (χ3n) is 1.99. The summed E-state index contributed by atoms with van der Waals surface area (Å²) >= 11 is 10.8. The second kappa shape index (κ2) is 5.77. The summed E-state index contributed by atoms with van der Waals surface area (Å²) in [5, 5.41) is 1.05. The van der Waals surface area contributed by atoms with Crippen molar-refractivity contribution in [3.05, 3.63) is 33.8 Å². The van der Waals surface area contributed by atoms with E-state index in [0.717, 1.165) is 4.47 Å². The summed E-state index contributed by atoms with van der Waals surface area (Å²) in [6.45, 7) is 0. The Morgan fingerprint density at radius 1 is 1.33 bits per heavy atom. The minimum Gasteiger partial charge on any atom is -0.437 e. The molecule has 0 fully saturated rings. The standard InChI is InChI=1S/C11H9BrClN3OS/c1-18-11-15-9(14)5-10(16-11)17-8-4-6(12)2-3-7(8)13/h2-5H,1H3,(H2,14,15,16). The van der Waals surface area contributed by atoms with E-state index in [2.05, 4.69) is 25.9 Å². The highest BCUT2D eigenvalue weighted by atomic mass is 79.9. The highest BCUT2D eigenvalue weighted by Gasteiger charge is 2.07. The van der Waals surface area contributed by atoms with E-state index in [4.69, 9.17) is 22.1 Å². The van der Waals surface area contributed by atoms with Crippen LogP contribution in [0.4, 0.5) is 5.82 Å². The molecule has 0 aliphatic carbocycles. The van der Waals surface area contributed by atoms with Crippen LogP contribution in [-0.4, -0.2) is 16.2 Å². The van der Waals surface area contributed by atoms with Crippen LogP contribution in [-0.2, 0) is 0 Å². The summed E-state index contributed by atoms with van der Waals surface area (Å²) < 4.78 is 6.48. The average molecular weight is 347 g/mol. The summed E-state index contributed by atoms with van der Waals surface area (Å²) in [6, 6.07) is 6.88. The number of halogens is 2. The van der Waals surface area contributed by atoms with Gasteiger partial charge in [-0.05, 0) is 24.5 Å². The van der Waals surface area contributed by atoms with Crippen LogP contribution < -0.4 is 10.5 Å². The van der Waals surface area contributed by atoms with Gasteiger partial charge in [-0.1, -0.05) is 39.3 Å². The van der Waals surface area contributed by atoms with E-state index >= 15 is 0 Å². The van der Waals surface area contributed by atoms with Gasteiger partial charge in [-0.2, -0.15) is 4.98 Å². The number of aromatic nitrogens is 2. The molecule has 1 aromatic carbocycles. The van der Waals surface area contributed by atoms with Crippen molar-refractivity contribution in [1.82, 2.24) is 9.97 Å². The van der Waals surface area contributed by atoms with Crippen LogP contribution in [0.2, 0.25) is 5.02 Å². The summed E-state index contributed by atoms with van der Waals surface area (Å²) in [5.41, 5.74) is 5.67. The van der Waals surface area contributed by atoms with Crippen molar-refractivity contribution in [3.8, 4) is 11.6 Å². The third-order valence-corrected chi connectivity index (χ3v) is 3.35. The molecular formula is C11H9BrClN3OS. The molecule has 0 bridgehead atoms. The Kier molecular flexibility index (Phi) is 4.31. The predicted molar refractivity (Wildman–Crippen MR) is 77.5 cm³/mol. The lowest BCUT2D eigenvalue weighted by molar-refractivity contribution is 0.456. The van der Waals surface area contributed by atoms with Gasteiger partial charge in [0.25, 0.3) is 0 Å². The zero-order valence-electron chi connectivity index (χ0n) is 9.35. The first-order valence-corrected chi connectivity index (χ1v) is 7.29. The highest BCUT2D eigenvalue weighted by Crippen LogP contribution is 2.32. The molecule has 0 saturated heterocycles. The number of ether oxygens (including phenoxy) is 1. The van der Waals surface area contributed by atoms with Gasteiger partial charge in [0.05, 0.1) is 5.02 Å². The quantitative estimate of drug-likeness (QED) is 0.672. The second-order valence-corrected chi connectivity index (χ2v) is 5.39. The molecule has 7 heteroatoms. The maximum absolute atomic E-state index is 6.03. The molecule has 4 nitrogen and oxygen atoms in total. The minimum absolute atomic E-state index is 0.357. The number of thioether (sulfide) groups is 1. The van der Waals surface area contributed by atoms with E-state index in [-0.39, 0.29) is 0 Å². The Morgan fingerprint density at radius 2 is 2.11 bits per heavy atom. The number of nitrogens with zero attached hydrogens (tertiary/aromatic N) is 2. The topological polar surface area (TPSA) is 61.0 Å². The summed E-state index contributed by atoms with van der Waals surface area (Å²) in [5.74, 6) is 1.23. The second-order valence-electron chi connectivity index (χ2n) is 3.29. The lowest BCUT2D eigenvalue weighted by Crippen LogP contribution is -1.97. The normalized spacial score (nSPS) is 10.4. The van der Waals surface area contributed by atoms with Crippen LogP contribution in [0, 0.1) is 0 Å². The highest BCUT2D eigenvalue weighted by molar-refractivity contribution is 9.10. The van der Waals surface area contributed by atoms with Crippen molar-refractivity contribution >= 4 is 45.1 Å². The first kappa shape index (κ1) is 13.5. The van der Waals surface area contributed by atoms with E-state index in [9.17, 15) is 0 Å². The fourth-order valence-corrected chi connectivity index (χ4v) is 2.11. The molecule has 2 rings (SSSR count). The Balaban J connectivity index is 2.33. The van der Waals surface area contributed by atoms with Crippen molar-refractivity contribution in [2.45, 2.75) is 5.16 Å². The van der Waals surface area contributed by atoms with Gasteiger partial charge in [0.15, 0.2) is 5.16 Å².